The first-order chi connectivity index (χ1) is 9.17. The van der Waals surface area contributed by atoms with Crippen molar-refractivity contribution in [3.8, 4) is 0 Å². The number of rotatable bonds is 8. The number of ether oxygens (including phenoxy) is 1. The van der Waals surface area contributed by atoms with Crippen molar-refractivity contribution in [2.45, 2.75) is 32.5 Å². The molecular weight excluding hydrogens is 276 g/mol. The summed E-state index contributed by atoms with van der Waals surface area (Å²) in [6.07, 6.45) is -2.98. The molecule has 0 aliphatic heterocycles. The van der Waals surface area contributed by atoms with Crippen molar-refractivity contribution >= 4 is 17.9 Å². The van der Waals surface area contributed by atoms with E-state index in [9.17, 15) is 14.4 Å². The molecule has 3 atom stereocenters. The Morgan fingerprint density at radius 2 is 1.55 bits per heavy atom. The number of carboxylic acid groups (broad SMARTS) is 3. The fraction of sp³-hybridized carbons (Fsp3) is 0.727. The van der Waals surface area contributed by atoms with Crippen LogP contribution in [0.3, 0.4) is 0 Å². The minimum Gasteiger partial charge on any atom is -0.481 e. The van der Waals surface area contributed by atoms with Gasteiger partial charge in [-0.25, -0.2) is 4.79 Å². The van der Waals surface area contributed by atoms with Gasteiger partial charge in [-0.3, -0.25) is 9.59 Å². The molecule has 0 rings (SSSR count). The van der Waals surface area contributed by atoms with Crippen LogP contribution in [0.2, 0.25) is 0 Å². The molecule has 0 aromatic carbocycles. The molecule has 0 aromatic rings. The van der Waals surface area contributed by atoms with Crippen LogP contribution in [0.4, 0.5) is 0 Å². The van der Waals surface area contributed by atoms with Crippen molar-refractivity contribution in [1.29, 1.82) is 0 Å². The fourth-order valence-electron chi connectivity index (χ4n) is 1.05. The Labute approximate surface area is 115 Å². The Kier molecular flexibility index (Phi) is 11.5. The molecule has 0 heterocycles. The van der Waals surface area contributed by atoms with Crippen LogP contribution in [-0.4, -0.2) is 68.9 Å². The van der Waals surface area contributed by atoms with Gasteiger partial charge >= 0.3 is 17.9 Å². The Hall–Kier alpha value is -1.71. The first kappa shape index (κ1) is 20.6. The molecule has 9 heteroatoms. The van der Waals surface area contributed by atoms with Crippen molar-refractivity contribution in [1.82, 2.24) is 0 Å². The number of hydrogen-bond acceptors (Lipinski definition) is 6. The molecule has 0 aromatic heterocycles. The predicted octanol–water partition coefficient (Wildman–Crippen LogP) is -0.989. The second kappa shape index (κ2) is 11.1. The number of aliphatic hydroxyl groups excluding tert-OH is 2. The molecule has 118 valence electrons. The summed E-state index contributed by atoms with van der Waals surface area (Å²) in [6.45, 7) is 2.88. The van der Waals surface area contributed by atoms with Gasteiger partial charge in [0.05, 0.1) is 19.1 Å². The molecule has 3 unspecified atom stereocenters. The van der Waals surface area contributed by atoms with Crippen molar-refractivity contribution < 1.29 is 44.7 Å². The summed E-state index contributed by atoms with van der Waals surface area (Å²) in [7, 11) is 0. The third kappa shape index (κ3) is 10.2. The van der Waals surface area contributed by atoms with E-state index in [-0.39, 0.29) is 13.2 Å². The van der Waals surface area contributed by atoms with E-state index in [1.165, 1.54) is 13.8 Å². The highest BCUT2D eigenvalue weighted by molar-refractivity contribution is 5.85. The van der Waals surface area contributed by atoms with Crippen molar-refractivity contribution in [2.24, 2.45) is 5.92 Å². The Bertz CT molecular complexity index is 313. The van der Waals surface area contributed by atoms with Crippen LogP contribution in [0.5, 0.6) is 0 Å². The zero-order valence-electron chi connectivity index (χ0n) is 11.2. The highest BCUT2D eigenvalue weighted by atomic mass is 16.5. The van der Waals surface area contributed by atoms with Gasteiger partial charge in [-0.1, -0.05) is 0 Å². The molecule has 0 amide bonds. The number of carboxylic acids is 3. The average Bonchev–Trinajstić information content (AvgIpc) is 2.33. The van der Waals surface area contributed by atoms with Crippen LogP contribution >= 0.6 is 0 Å². The molecule has 0 saturated carbocycles. The van der Waals surface area contributed by atoms with Crippen LogP contribution < -0.4 is 0 Å². The zero-order chi connectivity index (χ0) is 16.3. The molecule has 9 nitrogen and oxygen atoms in total. The monoisotopic (exact) mass is 296 g/mol. The number of aliphatic carboxylic acids is 3. The van der Waals surface area contributed by atoms with Crippen molar-refractivity contribution in [2.75, 3.05) is 13.2 Å². The number of carbonyl (C=O) groups is 3. The van der Waals surface area contributed by atoms with E-state index in [4.69, 9.17) is 25.5 Å². The van der Waals surface area contributed by atoms with E-state index in [2.05, 4.69) is 4.74 Å². The summed E-state index contributed by atoms with van der Waals surface area (Å²) in [6, 6.07) is 0. The fourth-order valence-corrected chi connectivity index (χ4v) is 1.05. The molecule has 0 saturated heterocycles. The lowest BCUT2D eigenvalue weighted by atomic mass is 9.98. The van der Waals surface area contributed by atoms with E-state index in [1.807, 2.05) is 0 Å². The van der Waals surface area contributed by atoms with Gasteiger partial charge < -0.3 is 30.3 Å². The smallest absolute Gasteiger partial charge is 0.333 e. The third-order valence-corrected chi connectivity index (χ3v) is 1.93. The molecule has 0 aliphatic carbocycles. The summed E-state index contributed by atoms with van der Waals surface area (Å²) in [5.74, 6) is -5.95. The van der Waals surface area contributed by atoms with Crippen LogP contribution in [0.1, 0.15) is 20.3 Å². The van der Waals surface area contributed by atoms with Crippen LogP contribution in [-0.2, 0) is 19.1 Å². The Morgan fingerprint density at radius 3 is 1.75 bits per heavy atom. The molecule has 0 aliphatic rings. The topological polar surface area (TPSA) is 162 Å². The molecule has 0 bridgehead atoms. The number of aliphatic hydroxyl groups is 2. The van der Waals surface area contributed by atoms with Crippen LogP contribution in [0.25, 0.3) is 0 Å². The standard InChI is InChI=1S/C8H12O7.C3H8O2/c1-2-15-6(8(13)14)4(7(11)12)3-5(9)10;1-3(5)2-4/h4,6H,2-3H2,1H3,(H,9,10)(H,11,12)(H,13,14);3-5H,2H2,1H3. The molecule has 0 radical (unpaired) electrons. The Morgan fingerprint density at radius 1 is 1.10 bits per heavy atom. The SMILES string of the molecule is CC(O)CO.CCOC(C(=O)O)C(CC(=O)O)C(=O)O. The van der Waals surface area contributed by atoms with Crippen LogP contribution in [0, 0.1) is 5.92 Å². The van der Waals surface area contributed by atoms with Crippen molar-refractivity contribution in [3.63, 3.8) is 0 Å². The van der Waals surface area contributed by atoms with Gasteiger partial charge in [0.15, 0.2) is 6.10 Å². The van der Waals surface area contributed by atoms with Gasteiger partial charge in [-0.05, 0) is 13.8 Å². The summed E-state index contributed by atoms with van der Waals surface area (Å²) < 4.78 is 4.68. The minimum atomic E-state index is -1.64. The average molecular weight is 296 g/mol. The highest BCUT2D eigenvalue weighted by Crippen LogP contribution is 2.14. The lowest BCUT2D eigenvalue weighted by Gasteiger charge is -2.18. The van der Waals surface area contributed by atoms with E-state index in [0.29, 0.717) is 0 Å². The molecule has 0 fully saturated rings. The third-order valence-electron chi connectivity index (χ3n) is 1.93. The van der Waals surface area contributed by atoms with Crippen molar-refractivity contribution in [3.05, 3.63) is 0 Å². The van der Waals surface area contributed by atoms with E-state index < -0.39 is 42.5 Å². The highest BCUT2D eigenvalue weighted by Gasteiger charge is 2.36. The molecule has 5 N–H and O–H groups in total. The summed E-state index contributed by atoms with van der Waals surface area (Å²) in [4.78, 5) is 31.6. The first-order valence-electron chi connectivity index (χ1n) is 5.75. The van der Waals surface area contributed by atoms with E-state index in [0.717, 1.165) is 0 Å². The molecular formula is C11H20O9. The van der Waals surface area contributed by atoms with Gasteiger partial charge in [-0.2, -0.15) is 0 Å². The summed E-state index contributed by atoms with van der Waals surface area (Å²) in [5, 5.41) is 41.7. The quantitative estimate of drug-likeness (QED) is 0.378. The molecule has 20 heavy (non-hydrogen) atoms. The maximum absolute atomic E-state index is 10.6. The zero-order valence-corrected chi connectivity index (χ0v) is 11.2. The van der Waals surface area contributed by atoms with Gasteiger partial charge in [0.1, 0.15) is 5.92 Å². The molecule has 0 spiro atoms. The second-order valence-electron chi connectivity index (χ2n) is 3.79. The van der Waals surface area contributed by atoms with E-state index in [1.54, 1.807) is 0 Å². The van der Waals surface area contributed by atoms with E-state index >= 15 is 0 Å². The maximum Gasteiger partial charge on any atom is 0.333 e. The summed E-state index contributed by atoms with van der Waals surface area (Å²) in [5.41, 5.74) is 0. The van der Waals surface area contributed by atoms with Crippen LogP contribution in [0.15, 0.2) is 0 Å². The van der Waals surface area contributed by atoms with Gasteiger partial charge in [0.25, 0.3) is 0 Å². The predicted molar refractivity (Wildman–Crippen MR) is 65.2 cm³/mol. The van der Waals surface area contributed by atoms with Gasteiger partial charge in [0.2, 0.25) is 0 Å². The second-order valence-corrected chi connectivity index (χ2v) is 3.79. The normalized spacial score (nSPS) is 14.4. The largest absolute Gasteiger partial charge is 0.481 e. The lowest BCUT2D eigenvalue weighted by molar-refractivity contribution is -0.166. The maximum atomic E-state index is 10.6. The summed E-state index contributed by atoms with van der Waals surface area (Å²) >= 11 is 0. The first-order valence-corrected chi connectivity index (χ1v) is 5.75. The van der Waals surface area contributed by atoms with Gasteiger partial charge in [-0.15, -0.1) is 0 Å². The number of hydrogen-bond donors (Lipinski definition) is 5. The Balaban J connectivity index is 0. The lowest BCUT2D eigenvalue weighted by Crippen LogP contribution is -2.38. The van der Waals surface area contributed by atoms with Gasteiger partial charge in [0, 0.05) is 6.61 Å². The minimum absolute atomic E-state index is 0.000363.